The normalized spacial score (nSPS) is 13.1. The van der Waals surface area contributed by atoms with Gasteiger partial charge in [0.15, 0.2) is 0 Å². The summed E-state index contributed by atoms with van der Waals surface area (Å²) in [6, 6.07) is 8.05. The van der Waals surface area contributed by atoms with Gasteiger partial charge in [-0.2, -0.15) is 0 Å². The van der Waals surface area contributed by atoms with Crippen molar-refractivity contribution in [1.29, 1.82) is 0 Å². The van der Waals surface area contributed by atoms with Gasteiger partial charge in [0.2, 0.25) is 0 Å². The average molecular weight is 322 g/mol. The highest BCUT2D eigenvalue weighted by atomic mass is 32.1. The molecule has 4 nitrogen and oxygen atoms in total. The van der Waals surface area contributed by atoms with Crippen molar-refractivity contribution in [2.24, 2.45) is 5.41 Å². The highest BCUT2D eigenvalue weighted by Crippen LogP contribution is 2.33. The fraction of sp³-hybridized carbons (Fsp3) is 0.375. The van der Waals surface area contributed by atoms with Gasteiger partial charge in [0.1, 0.15) is 5.82 Å². The van der Waals surface area contributed by atoms with Gasteiger partial charge in [0.05, 0.1) is 4.92 Å². The molecule has 0 aliphatic rings. The molecule has 118 valence electrons. The number of halogens is 1. The zero-order chi connectivity index (χ0) is 16.3. The molecule has 1 unspecified atom stereocenters. The first-order valence-corrected chi connectivity index (χ1v) is 7.86. The predicted octanol–water partition coefficient (Wildman–Crippen LogP) is 4.67. The molecule has 22 heavy (non-hydrogen) atoms. The summed E-state index contributed by atoms with van der Waals surface area (Å²) in [6.07, 6.45) is 0. The minimum atomic E-state index is -0.380. The first-order valence-electron chi connectivity index (χ1n) is 6.98. The first-order chi connectivity index (χ1) is 10.3. The van der Waals surface area contributed by atoms with Gasteiger partial charge in [-0.15, -0.1) is 0 Å². The maximum Gasteiger partial charge on any atom is 0.324 e. The number of nitro groups is 1. The zero-order valence-electron chi connectivity index (χ0n) is 12.8. The van der Waals surface area contributed by atoms with E-state index in [1.807, 2.05) is 0 Å². The van der Waals surface area contributed by atoms with Crippen LogP contribution in [0.1, 0.15) is 37.9 Å². The Bertz CT molecular complexity index is 647. The van der Waals surface area contributed by atoms with Crippen molar-refractivity contribution in [3.05, 3.63) is 62.8 Å². The molecule has 2 rings (SSSR count). The lowest BCUT2D eigenvalue weighted by Crippen LogP contribution is -2.31. The fourth-order valence-corrected chi connectivity index (χ4v) is 3.08. The van der Waals surface area contributed by atoms with Crippen LogP contribution in [0.5, 0.6) is 0 Å². The van der Waals surface area contributed by atoms with Crippen molar-refractivity contribution in [2.45, 2.75) is 33.4 Å². The molecular weight excluding hydrogens is 303 g/mol. The summed E-state index contributed by atoms with van der Waals surface area (Å²) in [5, 5.41) is 16.1. The predicted molar refractivity (Wildman–Crippen MR) is 86.4 cm³/mol. The smallest absolute Gasteiger partial charge is 0.305 e. The maximum atomic E-state index is 13.1. The molecule has 0 aliphatic carbocycles. The molecule has 0 amide bonds. The lowest BCUT2D eigenvalue weighted by molar-refractivity contribution is -0.380. The van der Waals surface area contributed by atoms with Gasteiger partial charge in [0.25, 0.3) is 0 Å². The number of hydrogen-bond donors (Lipinski definition) is 1. The Hall–Kier alpha value is -1.79. The second-order valence-corrected chi connectivity index (χ2v) is 7.17. The molecule has 0 aliphatic heterocycles. The van der Waals surface area contributed by atoms with E-state index in [9.17, 15) is 14.5 Å². The van der Waals surface area contributed by atoms with Gasteiger partial charge in [0, 0.05) is 24.0 Å². The third-order valence-corrected chi connectivity index (χ3v) is 4.33. The molecule has 0 spiro atoms. The van der Waals surface area contributed by atoms with Crippen LogP contribution in [0.2, 0.25) is 0 Å². The number of rotatable bonds is 5. The molecule has 1 atom stereocenters. The average Bonchev–Trinajstić information content (AvgIpc) is 2.88. The van der Waals surface area contributed by atoms with Crippen LogP contribution in [0.4, 0.5) is 9.39 Å². The Kier molecular flexibility index (Phi) is 4.93. The molecular formula is C16H19FN2O2S. The second kappa shape index (κ2) is 6.54. The van der Waals surface area contributed by atoms with E-state index in [0.717, 1.165) is 22.5 Å². The van der Waals surface area contributed by atoms with Crippen LogP contribution >= 0.6 is 11.3 Å². The van der Waals surface area contributed by atoms with Gasteiger partial charge in [-0.25, -0.2) is 4.39 Å². The summed E-state index contributed by atoms with van der Waals surface area (Å²) in [5.41, 5.74) is 1.81. The van der Waals surface area contributed by atoms with Crippen molar-refractivity contribution in [3.63, 3.8) is 0 Å². The van der Waals surface area contributed by atoms with E-state index in [1.165, 1.54) is 12.1 Å². The molecule has 0 saturated carbocycles. The number of nitrogens with zero attached hydrogens (tertiary/aromatic N) is 1. The molecule has 6 heteroatoms. The summed E-state index contributed by atoms with van der Waals surface area (Å²) in [4.78, 5) is 10.3. The van der Waals surface area contributed by atoms with Gasteiger partial charge >= 0.3 is 5.00 Å². The molecule has 0 radical (unpaired) electrons. The van der Waals surface area contributed by atoms with E-state index < -0.39 is 0 Å². The molecule has 1 aromatic carbocycles. The van der Waals surface area contributed by atoms with Gasteiger partial charge in [-0.05, 0) is 28.7 Å². The number of benzene rings is 1. The Morgan fingerprint density at radius 1 is 1.32 bits per heavy atom. The van der Waals surface area contributed by atoms with E-state index in [4.69, 9.17) is 0 Å². The third kappa shape index (κ3) is 4.11. The van der Waals surface area contributed by atoms with Crippen molar-refractivity contribution in [1.82, 2.24) is 5.32 Å². The van der Waals surface area contributed by atoms with Gasteiger partial charge in [-0.1, -0.05) is 44.2 Å². The second-order valence-electron chi connectivity index (χ2n) is 6.28. The Morgan fingerprint density at radius 2 is 1.95 bits per heavy atom. The Labute approximate surface area is 133 Å². The molecule has 0 bridgehead atoms. The number of hydrogen-bond acceptors (Lipinski definition) is 4. The Morgan fingerprint density at radius 3 is 2.45 bits per heavy atom. The molecule has 1 aromatic heterocycles. The third-order valence-electron chi connectivity index (χ3n) is 3.40. The van der Waals surface area contributed by atoms with Crippen LogP contribution in [-0.2, 0) is 6.54 Å². The van der Waals surface area contributed by atoms with Gasteiger partial charge < -0.3 is 5.32 Å². The van der Waals surface area contributed by atoms with Crippen LogP contribution in [-0.4, -0.2) is 4.92 Å². The largest absolute Gasteiger partial charge is 0.324 e. The summed E-state index contributed by atoms with van der Waals surface area (Å²) in [6.45, 7) is 6.84. The lowest BCUT2D eigenvalue weighted by atomic mass is 9.82. The molecule has 2 aromatic rings. The van der Waals surface area contributed by atoms with Crippen LogP contribution in [0.25, 0.3) is 0 Å². The highest BCUT2D eigenvalue weighted by molar-refractivity contribution is 7.13. The first kappa shape index (κ1) is 16.6. The monoisotopic (exact) mass is 322 g/mol. The molecule has 0 saturated heterocycles. The minimum Gasteiger partial charge on any atom is -0.305 e. The van der Waals surface area contributed by atoms with Crippen LogP contribution < -0.4 is 5.32 Å². The lowest BCUT2D eigenvalue weighted by Gasteiger charge is -2.32. The van der Waals surface area contributed by atoms with E-state index in [-0.39, 0.29) is 27.2 Å². The number of nitrogens with one attached hydrogen (secondary N) is 1. The van der Waals surface area contributed by atoms with Crippen LogP contribution in [0, 0.1) is 21.3 Å². The SMILES string of the molecule is CC(C)(C)C(NCc1csc([N+](=O)[O-])c1)c1ccc(F)cc1. The van der Waals surface area contributed by atoms with E-state index in [1.54, 1.807) is 23.6 Å². The summed E-state index contributed by atoms with van der Waals surface area (Å²) < 4.78 is 13.1. The van der Waals surface area contributed by atoms with Crippen molar-refractivity contribution < 1.29 is 9.31 Å². The summed E-state index contributed by atoms with van der Waals surface area (Å²) in [7, 11) is 0. The molecule has 1 N–H and O–H groups in total. The fourth-order valence-electron chi connectivity index (χ4n) is 2.35. The minimum absolute atomic E-state index is 0.0204. The van der Waals surface area contributed by atoms with Crippen molar-refractivity contribution in [2.75, 3.05) is 0 Å². The summed E-state index contributed by atoms with van der Waals surface area (Å²) >= 11 is 1.13. The maximum absolute atomic E-state index is 13.1. The highest BCUT2D eigenvalue weighted by Gasteiger charge is 2.26. The summed E-state index contributed by atoms with van der Waals surface area (Å²) in [5.74, 6) is -0.259. The topological polar surface area (TPSA) is 55.2 Å². The van der Waals surface area contributed by atoms with Crippen molar-refractivity contribution in [3.8, 4) is 0 Å². The molecule has 0 fully saturated rings. The van der Waals surface area contributed by atoms with Crippen LogP contribution in [0.15, 0.2) is 35.7 Å². The number of thiophene rings is 1. The van der Waals surface area contributed by atoms with E-state index in [2.05, 4.69) is 26.1 Å². The molecule has 1 heterocycles. The zero-order valence-corrected chi connectivity index (χ0v) is 13.6. The Balaban J connectivity index is 2.13. The van der Waals surface area contributed by atoms with Crippen molar-refractivity contribution >= 4 is 16.3 Å². The standard InChI is InChI=1S/C16H19FN2O2S/c1-16(2,3)15(12-4-6-13(17)7-5-12)18-9-11-8-14(19(20)21)22-10-11/h4-8,10,15,18H,9H2,1-3H3. The van der Waals surface area contributed by atoms with Gasteiger partial charge in [-0.3, -0.25) is 10.1 Å². The van der Waals surface area contributed by atoms with E-state index in [0.29, 0.717) is 6.54 Å². The van der Waals surface area contributed by atoms with Crippen LogP contribution in [0.3, 0.4) is 0 Å². The quantitative estimate of drug-likeness (QED) is 0.643. The van der Waals surface area contributed by atoms with E-state index >= 15 is 0 Å².